The van der Waals surface area contributed by atoms with Crippen molar-refractivity contribution in [2.24, 2.45) is 0 Å². The average Bonchev–Trinajstić information content (AvgIpc) is 2.35. The summed E-state index contributed by atoms with van der Waals surface area (Å²) >= 11 is 12.2. The number of aromatic nitrogens is 1. The number of hydrogen-bond donors (Lipinski definition) is 2. The smallest absolute Gasteiger partial charge is 0.0763 e. The zero-order valence-corrected chi connectivity index (χ0v) is 11.4. The van der Waals surface area contributed by atoms with E-state index in [1.807, 2.05) is 19.1 Å². The van der Waals surface area contributed by atoms with Gasteiger partial charge >= 0.3 is 0 Å². The molecular weight excluding hydrogens is 269 g/mol. The molecule has 0 bridgehead atoms. The van der Waals surface area contributed by atoms with Crippen LogP contribution >= 0.6 is 23.2 Å². The Kier molecular flexibility index (Phi) is 4.28. The molecule has 1 aromatic carbocycles. The standard InChI is InChI=1S/C13H13Cl2N3/c1-2-17-9-6-10(8-16-7-9)18-13-11(14)4-3-5-12(13)15/h3-8,17-18H,2H2,1H3. The van der Waals surface area contributed by atoms with Crippen molar-refractivity contribution >= 4 is 40.3 Å². The van der Waals surface area contributed by atoms with Crippen molar-refractivity contribution in [3.05, 3.63) is 46.7 Å². The largest absolute Gasteiger partial charge is 0.384 e. The Hall–Kier alpha value is -1.45. The lowest BCUT2D eigenvalue weighted by molar-refractivity contribution is 1.19. The van der Waals surface area contributed by atoms with Crippen LogP contribution in [0.5, 0.6) is 0 Å². The number of halogens is 2. The number of rotatable bonds is 4. The van der Waals surface area contributed by atoms with E-state index in [9.17, 15) is 0 Å². The monoisotopic (exact) mass is 281 g/mol. The summed E-state index contributed by atoms with van der Waals surface area (Å²) in [5.74, 6) is 0. The zero-order chi connectivity index (χ0) is 13.0. The Morgan fingerprint density at radius 3 is 2.44 bits per heavy atom. The molecule has 0 spiro atoms. The van der Waals surface area contributed by atoms with Crippen LogP contribution < -0.4 is 10.6 Å². The van der Waals surface area contributed by atoms with Crippen LogP contribution in [0.1, 0.15) is 6.92 Å². The topological polar surface area (TPSA) is 37.0 Å². The van der Waals surface area contributed by atoms with Crippen LogP contribution in [-0.2, 0) is 0 Å². The predicted molar refractivity (Wildman–Crippen MR) is 78.1 cm³/mol. The quantitative estimate of drug-likeness (QED) is 0.862. The molecule has 0 amide bonds. The molecule has 0 saturated carbocycles. The van der Waals surface area contributed by atoms with Gasteiger partial charge in [0.1, 0.15) is 0 Å². The van der Waals surface area contributed by atoms with E-state index in [4.69, 9.17) is 23.2 Å². The molecule has 0 atom stereocenters. The van der Waals surface area contributed by atoms with Crippen molar-refractivity contribution in [2.45, 2.75) is 6.92 Å². The van der Waals surface area contributed by atoms with E-state index in [0.29, 0.717) is 15.7 Å². The lowest BCUT2D eigenvalue weighted by atomic mass is 10.3. The molecule has 0 fully saturated rings. The summed E-state index contributed by atoms with van der Waals surface area (Å²) in [6.07, 6.45) is 3.49. The first-order valence-electron chi connectivity index (χ1n) is 5.60. The summed E-state index contributed by atoms with van der Waals surface area (Å²) in [5, 5.41) is 7.53. The van der Waals surface area contributed by atoms with Gasteiger partial charge in [0.15, 0.2) is 0 Å². The third-order valence-electron chi connectivity index (χ3n) is 2.35. The SMILES string of the molecule is CCNc1cncc(Nc2c(Cl)cccc2Cl)c1. The van der Waals surface area contributed by atoms with Crippen molar-refractivity contribution in [3.8, 4) is 0 Å². The summed E-state index contributed by atoms with van der Waals surface area (Å²) in [7, 11) is 0. The molecule has 1 aromatic heterocycles. The summed E-state index contributed by atoms with van der Waals surface area (Å²) in [5.41, 5.74) is 2.48. The van der Waals surface area contributed by atoms with Crippen molar-refractivity contribution in [1.82, 2.24) is 4.98 Å². The fraction of sp³-hybridized carbons (Fsp3) is 0.154. The first-order chi connectivity index (χ1) is 8.70. The van der Waals surface area contributed by atoms with Crippen LogP contribution in [0.3, 0.4) is 0 Å². The van der Waals surface area contributed by atoms with Gasteiger partial charge in [0.25, 0.3) is 0 Å². The molecule has 0 radical (unpaired) electrons. The molecule has 0 saturated heterocycles. The summed E-state index contributed by atoms with van der Waals surface area (Å²) in [6.45, 7) is 2.88. The predicted octanol–water partition coefficient (Wildman–Crippen LogP) is 4.56. The van der Waals surface area contributed by atoms with E-state index in [-0.39, 0.29) is 0 Å². The van der Waals surface area contributed by atoms with Gasteiger partial charge in [0, 0.05) is 6.54 Å². The van der Waals surface area contributed by atoms with E-state index in [0.717, 1.165) is 17.9 Å². The molecule has 0 aliphatic heterocycles. The number of para-hydroxylation sites is 1. The van der Waals surface area contributed by atoms with Crippen molar-refractivity contribution < 1.29 is 0 Å². The summed E-state index contributed by atoms with van der Waals surface area (Å²) < 4.78 is 0. The van der Waals surface area contributed by atoms with Crippen LogP contribution in [0.15, 0.2) is 36.7 Å². The Morgan fingerprint density at radius 1 is 1.11 bits per heavy atom. The Bertz CT molecular complexity index is 523. The minimum atomic E-state index is 0.580. The number of pyridine rings is 1. The Labute approximate surface area is 116 Å². The molecule has 18 heavy (non-hydrogen) atoms. The zero-order valence-electron chi connectivity index (χ0n) is 9.87. The molecule has 5 heteroatoms. The van der Waals surface area contributed by atoms with Gasteiger partial charge in [0.05, 0.1) is 39.5 Å². The molecular formula is C13H13Cl2N3. The van der Waals surface area contributed by atoms with E-state index in [1.54, 1.807) is 24.5 Å². The molecule has 1 heterocycles. The number of anilines is 3. The van der Waals surface area contributed by atoms with E-state index in [1.165, 1.54) is 0 Å². The van der Waals surface area contributed by atoms with Gasteiger partial charge < -0.3 is 10.6 Å². The van der Waals surface area contributed by atoms with E-state index in [2.05, 4.69) is 15.6 Å². The van der Waals surface area contributed by atoms with Crippen LogP contribution in [0, 0.1) is 0 Å². The number of nitrogens with one attached hydrogen (secondary N) is 2. The lowest BCUT2D eigenvalue weighted by Gasteiger charge is -2.11. The normalized spacial score (nSPS) is 10.2. The van der Waals surface area contributed by atoms with Crippen LogP contribution in [0.2, 0.25) is 10.0 Å². The second kappa shape index (κ2) is 5.94. The fourth-order valence-electron chi connectivity index (χ4n) is 1.57. The second-order valence-electron chi connectivity index (χ2n) is 3.71. The number of benzene rings is 1. The molecule has 0 aliphatic rings. The number of nitrogens with zero attached hydrogens (tertiary/aromatic N) is 1. The van der Waals surface area contributed by atoms with Gasteiger partial charge in [0.2, 0.25) is 0 Å². The maximum Gasteiger partial charge on any atom is 0.0763 e. The minimum Gasteiger partial charge on any atom is -0.384 e. The van der Waals surface area contributed by atoms with Crippen molar-refractivity contribution in [2.75, 3.05) is 17.2 Å². The maximum atomic E-state index is 6.10. The molecule has 2 rings (SSSR count). The van der Waals surface area contributed by atoms with Crippen molar-refractivity contribution in [1.29, 1.82) is 0 Å². The average molecular weight is 282 g/mol. The van der Waals surface area contributed by atoms with Gasteiger partial charge in [-0.05, 0) is 25.1 Å². The molecule has 2 N–H and O–H groups in total. The van der Waals surface area contributed by atoms with E-state index < -0.39 is 0 Å². The number of hydrogen-bond acceptors (Lipinski definition) is 3. The first-order valence-corrected chi connectivity index (χ1v) is 6.36. The highest BCUT2D eigenvalue weighted by Gasteiger charge is 2.05. The van der Waals surface area contributed by atoms with Crippen LogP contribution in [0.25, 0.3) is 0 Å². The third kappa shape index (κ3) is 3.06. The highest BCUT2D eigenvalue weighted by atomic mass is 35.5. The molecule has 0 aliphatic carbocycles. The summed E-state index contributed by atoms with van der Waals surface area (Å²) in [4.78, 5) is 4.15. The highest BCUT2D eigenvalue weighted by Crippen LogP contribution is 2.32. The van der Waals surface area contributed by atoms with Gasteiger partial charge in [-0.1, -0.05) is 29.3 Å². The Balaban J connectivity index is 2.26. The van der Waals surface area contributed by atoms with Crippen LogP contribution in [-0.4, -0.2) is 11.5 Å². The molecule has 2 aromatic rings. The van der Waals surface area contributed by atoms with Gasteiger partial charge in [-0.25, -0.2) is 0 Å². The minimum absolute atomic E-state index is 0.580. The fourth-order valence-corrected chi connectivity index (χ4v) is 2.06. The van der Waals surface area contributed by atoms with Crippen LogP contribution in [0.4, 0.5) is 17.1 Å². The second-order valence-corrected chi connectivity index (χ2v) is 4.53. The molecule has 0 unspecified atom stereocenters. The van der Waals surface area contributed by atoms with Crippen molar-refractivity contribution in [3.63, 3.8) is 0 Å². The Morgan fingerprint density at radius 2 is 1.78 bits per heavy atom. The third-order valence-corrected chi connectivity index (χ3v) is 2.98. The lowest BCUT2D eigenvalue weighted by Crippen LogP contribution is -1.99. The van der Waals surface area contributed by atoms with Gasteiger partial charge in [-0.3, -0.25) is 4.98 Å². The maximum absolute atomic E-state index is 6.10. The summed E-state index contributed by atoms with van der Waals surface area (Å²) in [6, 6.07) is 7.34. The highest BCUT2D eigenvalue weighted by molar-refractivity contribution is 6.39. The van der Waals surface area contributed by atoms with Gasteiger partial charge in [-0.15, -0.1) is 0 Å². The van der Waals surface area contributed by atoms with E-state index >= 15 is 0 Å². The van der Waals surface area contributed by atoms with Gasteiger partial charge in [-0.2, -0.15) is 0 Å². The first kappa shape index (κ1) is 13.0. The molecule has 3 nitrogen and oxygen atoms in total. The molecule has 94 valence electrons.